The first-order valence-corrected chi connectivity index (χ1v) is 11.9. The van der Waals surface area contributed by atoms with E-state index in [-0.39, 0.29) is 11.2 Å². The van der Waals surface area contributed by atoms with Crippen LogP contribution in [-0.2, 0) is 10.2 Å². The normalized spacial score (nSPS) is 19.1. The van der Waals surface area contributed by atoms with Gasteiger partial charge >= 0.3 is 0 Å². The van der Waals surface area contributed by atoms with Gasteiger partial charge in [0, 0.05) is 0 Å². The molecule has 0 amide bonds. The molecule has 35 heavy (non-hydrogen) atoms. The Morgan fingerprint density at radius 3 is 1.86 bits per heavy atom. The Morgan fingerprint density at radius 1 is 0.714 bits per heavy atom. The maximum absolute atomic E-state index is 14.0. The molecule has 3 aromatic carbocycles. The van der Waals surface area contributed by atoms with Crippen molar-refractivity contribution in [2.45, 2.75) is 26.2 Å². The van der Waals surface area contributed by atoms with Gasteiger partial charge in [0.05, 0.1) is 14.2 Å². The van der Waals surface area contributed by atoms with Crippen molar-refractivity contribution in [3.05, 3.63) is 119 Å². The fourth-order valence-corrected chi connectivity index (χ4v) is 5.22. The molecule has 1 atom stereocenters. The molecule has 0 bridgehead atoms. The highest BCUT2D eigenvalue weighted by molar-refractivity contribution is 6.22. The predicted molar refractivity (Wildman–Crippen MR) is 142 cm³/mol. The zero-order valence-electron chi connectivity index (χ0n) is 20.9. The third kappa shape index (κ3) is 3.63. The van der Waals surface area contributed by atoms with Crippen LogP contribution in [0.4, 0.5) is 0 Å². The van der Waals surface area contributed by atoms with Crippen LogP contribution in [-0.4, -0.2) is 20.0 Å². The summed E-state index contributed by atoms with van der Waals surface area (Å²) >= 11 is 0. The SMILES string of the molecule is COc1ccc(C2=C(c3ccc(OC)cc3)C3(C=C(C(C)(C)C)C=CC3=O)c3ccccc32)cc1. The number of carbonyl (C=O) groups is 1. The van der Waals surface area contributed by atoms with Gasteiger partial charge < -0.3 is 9.47 Å². The molecule has 3 heteroatoms. The molecular formula is C32H30O3. The summed E-state index contributed by atoms with van der Waals surface area (Å²) in [5.41, 5.74) is 6.36. The summed E-state index contributed by atoms with van der Waals surface area (Å²) in [6, 6.07) is 24.4. The Labute approximate surface area is 207 Å². The Balaban J connectivity index is 1.89. The Morgan fingerprint density at radius 2 is 1.29 bits per heavy atom. The standard InChI is InChI=1S/C32H30O3/c1-31(2,3)23-14-19-28(33)32(20-23)27-9-7-6-8-26(27)29(21-10-15-24(34-4)16-11-21)30(32)22-12-17-25(35-5)18-13-22/h6-20H,1-5H3. The highest BCUT2D eigenvalue weighted by Crippen LogP contribution is 2.57. The Kier molecular flexibility index (Phi) is 5.52. The molecule has 0 heterocycles. The average Bonchev–Trinajstić information content (AvgIpc) is 3.16. The molecule has 0 aliphatic heterocycles. The fourth-order valence-electron chi connectivity index (χ4n) is 5.22. The quantitative estimate of drug-likeness (QED) is 0.418. The van der Waals surface area contributed by atoms with Crippen molar-refractivity contribution in [2.24, 2.45) is 5.41 Å². The highest BCUT2D eigenvalue weighted by atomic mass is 16.5. The average molecular weight is 463 g/mol. The van der Waals surface area contributed by atoms with Crippen molar-refractivity contribution in [3.8, 4) is 11.5 Å². The van der Waals surface area contributed by atoms with Gasteiger partial charge in [-0.25, -0.2) is 0 Å². The minimum atomic E-state index is -0.905. The molecule has 0 aromatic heterocycles. The van der Waals surface area contributed by atoms with Gasteiger partial charge in [0.2, 0.25) is 0 Å². The third-order valence-electron chi connectivity index (χ3n) is 7.06. The van der Waals surface area contributed by atoms with E-state index in [1.807, 2.05) is 42.5 Å². The van der Waals surface area contributed by atoms with Crippen molar-refractivity contribution < 1.29 is 14.3 Å². The van der Waals surface area contributed by atoms with E-state index in [0.29, 0.717) is 0 Å². The minimum absolute atomic E-state index is 0.0762. The summed E-state index contributed by atoms with van der Waals surface area (Å²) in [5, 5.41) is 0. The smallest absolute Gasteiger partial charge is 0.174 e. The van der Waals surface area contributed by atoms with Gasteiger partial charge in [-0.3, -0.25) is 4.79 Å². The summed E-state index contributed by atoms with van der Waals surface area (Å²) in [7, 11) is 3.33. The van der Waals surface area contributed by atoms with E-state index in [2.05, 4.69) is 63.2 Å². The first-order chi connectivity index (χ1) is 16.8. The van der Waals surface area contributed by atoms with Crippen molar-refractivity contribution in [3.63, 3.8) is 0 Å². The lowest BCUT2D eigenvalue weighted by Gasteiger charge is -2.35. The maximum Gasteiger partial charge on any atom is 0.174 e. The van der Waals surface area contributed by atoms with Crippen LogP contribution < -0.4 is 9.47 Å². The van der Waals surface area contributed by atoms with Crippen LogP contribution >= 0.6 is 0 Å². The van der Waals surface area contributed by atoms with E-state index in [4.69, 9.17) is 9.47 Å². The number of allylic oxidation sites excluding steroid dienone is 5. The zero-order valence-corrected chi connectivity index (χ0v) is 20.9. The van der Waals surface area contributed by atoms with Gasteiger partial charge in [0.15, 0.2) is 5.78 Å². The second-order valence-corrected chi connectivity index (χ2v) is 10.1. The van der Waals surface area contributed by atoms with Crippen LogP contribution in [0.2, 0.25) is 0 Å². The molecule has 176 valence electrons. The molecule has 2 aliphatic rings. The first kappa shape index (κ1) is 22.9. The number of fused-ring (bicyclic) bond motifs is 2. The van der Waals surface area contributed by atoms with E-state index in [9.17, 15) is 4.79 Å². The Hall–Kier alpha value is -3.85. The van der Waals surface area contributed by atoms with Gasteiger partial charge in [0.1, 0.15) is 16.9 Å². The largest absolute Gasteiger partial charge is 0.497 e. The number of methoxy groups -OCH3 is 2. The number of ketones is 1. The number of rotatable bonds is 4. The molecule has 2 aliphatic carbocycles. The molecule has 0 fully saturated rings. The van der Waals surface area contributed by atoms with Gasteiger partial charge in [-0.2, -0.15) is 0 Å². The summed E-state index contributed by atoms with van der Waals surface area (Å²) in [5.74, 6) is 1.66. The lowest BCUT2D eigenvalue weighted by molar-refractivity contribution is -0.116. The van der Waals surface area contributed by atoms with Gasteiger partial charge in [-0.15, -0.1) is 0 Å². The topological polar surface area (TPSA) is 35.5 Å². The predicted octanol–water partition coefficient (Wildman–Crippen LogP) is 7.03. The van der Waals surface area contributed by atoms with Crippen molar-refractivity contribution in [2.75, 3.05) is 14.2 Å². The molecule has 3 nitrogen and oxygen atoms in total. The summed E-state index contributed by atoms with van der Waals surface area (Å²) in [6.07, 6.45) is 5.94. The Bertz CT molecular complexity index is 1380. The highest BCUT2D eigenvalue weighted by Gasteiger charge is 2.50. The summed E-state index contributed by atoms with van der Waals surface area (Å²) < 4.78 is 10.8. The first-order valence-electron chi connectivity index (χ1n) is 11.9. The van der Waals surface area contributed by atoms with Gasteiger partial charge in [0.25, 0.3) is 0 Å². The molecule has 0 N–H and O–H groups in total. The van der Waals surface area contributed by atoms with Crippen LogP contribution in [0.5, 0.6) is 11.5 Å². The molecule has 1 unspecified atom stereocenters. The molecule has 5 rings (SSSR count). The molecule has 0 radical (unpaired) electrons. The number of carbonyl (C=O) groups excluding carboxylic acids is 1. The van der Waals surface area contributed by atoms with Crippen LogP contribution in [0.25, 0.3) is 11.1 Å². The molecule has 0 saturated heterocycles. The number of hydrogen-bond acceptors (Lipinski definition) is 3. The molecule has 1 spiro atoms. The zero-order chi connectivity index (χ0) is 24.8. The van der Waals surface area contributed by atoms with Crippen LogP contribution in [0.3, 0.4) is 0 Å². The fraction of sp³-hybridized carbons (Fsp3) is 0.219. The van der Waals surface area contributed by atoms with Gasteiger partial charge in [-0.1, -0.05) is 81.5 Å². The molecule has 3 aromatic rings. The number of benzene rings is 3. The van der Waals surface area contributed by atoms with Crippen molar-refractivity contribution >= 4 is 16.9 Å². The van der Waals surface area contributed by atoms with Crippen molar-refractivity contribution in [1.82, 2.24) is 0 Å². The number of hydrogen-bond donors (Lipinski definition) is 0. The van der Waals surface area contributed by atoms with Crippen LogP contribution in [0.15, 0.2) is 96.6 Å². The van der Waals surface area contributed by atoms with E-state index < -0.39 is 5.41 Å². The van der Waals surface area contributed by atoms with E-state index in [1.54, 1.807) is 20.3 Å². The summed E-state index contributed by atoms with van der Waals surface area (Å²) in [4.78, 5) is 14.0. The molecular weight excluding hydrogens is 432 g/mol. The second-order valence-electron chi connectivity index (χ2n) is 10.1. The lowest BCUT2D eigenvalue weighted by Crippen LogP contribution is -2.36. The lowest BCUT2D eigenvalue weighted by atomic mass is 9.66. The minimum Gasteiger partial charge on any atom is -0.497 e. The van der Waals surface area contributed by atoms with Crippen molar-refractivity contribution in [1.29, 1.82) is 0 Å². The van der Waals surface area contributed by atoms with E-state index in [0.717, 1.165) is 50.5 Å². The number of ether oxygens (including phenoxy) is 2. The van der Waals surface area contributed by atoms with Crippen LogP contribution in [0.1, 0.15) is 43.0 Å². The van der Waals surface area contributed by atoms with E-state index in [1.165, 1.54) is 0 Å². The second kappa shape index (κ2) is 8.42. The molecule has 0 saturated carbocycles. The maximum atomic E-state index is 14.0. The van der Waals surface area contributed by atoms with Gasteiger partial charge in [-0.05, 0) is 74.7 Å². The van der Waals surface area contributed by atoms with E-state index >= 15 is 0 Å². The van der Waals surface area contributed by atoms with Crippen LogP contribution in [0, 0.1) is 5.41 Å². The summed E-state index contributed by atoms with van der Waals surface area (Å²) in [6.45, 7) is 6.57. The third-order valence-corrected chi connectivity index (χ3v) is 7.06. The monoisotopic (exact) mass is 462 g/mol.